The number of nitrogens with one attached hydrogen (secondary N) is 2. The maximum absolute atomic E-state index is 14.7. The number of hydrogen-bond donors (Lipinski definition) is 7. The molecular weight excluding hydrogens is 762 g/mol. The number of benzene rings is 3. The first kappa shape index (κ1) is 38.2. The quantitative estimate of drug-likeness (QED) is 0.136. The first-order valence-electron chi connectivity index (χ1n) is 16.3. The minimum absolute atomic E-state index is 0.0828. The lowest BCUT2D eigenvalue weighted by Gasteiger charge is -2.36. The van der Waals surface area contributed by atoms with E-state index in [4.69, 9.17) is 27.9 Å². The molecule has 0 aromatic heterocycles. The predicted octanol–water partition coefficient (Wildman–Crippen LogP) is 3.02. The molecule has 54 heavy (non-hydrogen) atoms. The van der Waals surface area contributed by atoms with Crippen LogP contribution in [0.15, 0.2) is 36.4 Å². The van der Waals surface area contributed by atoms with Gasteiger partial charge in [-0.05, 0) is 55.2 Å². The highest BCUT2D eigenvalue weighted by Crippen LogP contribution is 2.41. The summed E-state index contributed by atoms with van der Waals surface area (Å²) in [7, 11) is -1.94. The molecule has 16 nitrogen and oxygen atoms in total. The number of rotatable bonds is 7. The van der Waals surface area contributed by atoms with Crippen LogP contribution in [0.4, 0.5) is 18.4 Å². The second-order valence-corrected chi connectivity index (χ2v) is 13.5. The van der Waals surface area contributed by atoms with Gasteiger partial charge in [-0.2, -0.15) is 0 Å². The van der Waals surface area contributed by atoms with E-state index in [1.807, 2.05) is 0 Å². The number of carbonyl (C=O) groups is 5. The summed E-state index contributed by atoms with van der Waals surface area (Å²) in [5, 5.41) is 54.1. The second-order valence-electron chi connectivity index (χ2n) is 12.7. The largest absolute Gasteiger partial charge is 0.547 e. The molecule has 0 radical (unpaired) electrons. The van der Waals surface area contributed by atoms with Crippen molar-refractivity contribution >= 4 is 60.2 Å². The van der Waals surface area contributed by atoms with Gasteiger partial charge in [0, 0.05) is 37.8 Å². The fourth-order valence-corrected chi connectivity index (χ4v) is 7.10. The van der Waals surface area contributed by atoms with Gasteiger partial charge in [-0.3, -0.25) is 9.59 Å². The van der Waals surface area contributed by atoms with E-state index in [9.17, 15) is 58.2 Å². The Kier molecular flexibility index (Phi) is 10.7. The second kappa shape index (κ2) is 15.1. The molecule has 3 aromatic carbocycles. The molecule has 284 valence electrons. The third kappa shape index (κ3) is 7.21. The predicted molar refractivity (Wildman–Crippen MR) is 184 cm³/mol. The Morgan fingerprint density at radius 2 is 1.65 bits per heavy atom. The number of aromatic carboxylic acids is 1. The molecule has 2 saturated heterocycles. The number of phenols is 3. The molecule has 21 heteroatoms. The maximum atomic E-state index is 14.7. The summed E-state index contributed by atoms with van der Waals surface area (Å²) in [4.78, 5) is 69.4. The molecule has 2 fully saturated rings. The average Bonchev–Trinajstić information content (AvgIpc) is 3.53. The van der Waals surface area contributed by atoms with Gasteiger partial charge in [-0.1, -0.05) is 29.3 Å². The number of likely N-dealkylation sites (tertiary alicyclic amines) is 1. The van der Waals surface area contributed by atoms with Gasteiger partial charge < -0.3 is 50.5 Å². The molecule has 3 heterocycles. The fourth-order valence-electron chi connectivity index (χ4n) is 6.65. The molecule has 7 N–H and O–H groups in total. The van der Waals surface area contributed by atoms with Crippen LogP contribution < -0.4 is 15.3 Å². The molecule has 3 aliphatic heterocycles. The van der Waals surface area contributed by atoms with Crippen LogP contribution in [0.2, 0.25) is 10.0 Å². The third-order valence-electron chi connectivity index (χ3n) is 9.45. The summed E-state index contributed by atoms with van der Waals surface area (Å²) in [6.45, 7) is 0.402. The number of carboxylic acids is 1. The number of carboxylic acid groups (broad SMARTS) is 1. The van der Waals surface area contributed by atoms with Crippen molar-refractivity contribution in [1.82, 2.24) is 25.3 Å². The Morgan fingerprint density at radius 1 is 0.944 bits per heavy atom. The first-order valence-corrected chi connectivity index (χ1v) is 17.1. The van der Waals surface area contributed by atoms with Gasteiger partial charge >= 0.3 is 25.1 Å². The molecule has 6 rings (SSSR count). The Morgan fingerprint density at radius 3 is 2.33 bits per heavy atom. The number of halogens is 4. The summed E-state index contributed by atoms with van der Waals surface area (Å²) < 4.78 is 34.2. The minimum Gasteiger partial charge on any atom is -0.534 e. The highest BCUT2D eigenvalue weighted by molar-refractivity contribution is 6.47. The van der Waals surface area contributed by atoms with Crippen molar-refractivity contribution in [3.05, 3.63) is 80.3 Å². The van der Waals surface area contributed by atoms with E-state index in [1.54, 1.807) is 0 Å². The number of piperidine rings is 1. The van der Waals surface area contributed by atoms with Gasteiger partial charge in [-0.25, -0.2) is 28.1 Å². The Bertz CT molecular complexity index is 2070. The summed E-state index contributed by atoms with van der Waals surface area (Å²) >= 11 is 12.3. The molecular formula is C33H30BCl2F2N5O11. The van der Waals surface area contributed by atoms with Crippen LogP contribution in [0.5, 0.6) is 23.0 Å². The van der Waals surface area contributed by atoms with Crippen LogP contribution in [-0.4, -0.2) is 115 Å². The van der Waals surface area contributed by atoms with E-state index in [2.05, 4.69) is 10.6 Å². The van der Waals surface area contributed by atoms with Gasteiger partial charge in [0.25, 0.3) is 5.91 Å². The van der Waals surface area contributed by atoms with Crippen molar-refractivity contribution in [2.24, 2.45) is 0 Å². The van der Waals surface area contributed by atoms with E-state index < -0.39 is 94.0 Å². The van der Waals surface area contributed by atoms with Crippen molar-refractivity contribution in [3.8, 4) is 23.0 Å². The zero-order valence-corrected chi connectivity index (χ0v) is 29.3. The first-order chi connectivity index (χ1) is 25.6. The molecule has 0 saturated carbocycles. The summed E-state index contributed by atoms with van der Waals surface area (Å²) in [5.74, 6) is -10.1. The monoisotopic (exact) mass is 791 g/mol. The van der Waals surface area contributed by atoms with Gasteiger partial charge in [-0.15, -0.1) is 0 Å². The minimum atomic E-state index is -1.97. The number of imide groups is 1. The molecule has 6 amide bonds. The average molecular weight is 792 g/mol. The van der Waals surface area contributed by atoms with Crippen molar-refractivity contribution in [2.75, 3.05) is 26.2 Å². The van der Waals surface area contributed by atoms with Gasteiger partial charge in [0.2, 0.25) is 5.91 Å². The molecule has 3 aliphatic rings. The van der Waals surface area contributed by atoms with E-state index in [0.717, 1.165) is 11.0 Å². The third-order valence-corrected chi connectivity index (χ3v) is 10.2. The standard InChI is InChI=1S/C33H30BCl2F2N5O11/c35-19-3-2-16(44)12-17(19)30(48)41-7-5-15(6-8-41)42-9-10-43(33(42)52)32(51)40-25(18-13-21(38)26(45)27(46)24(18)36)29(47)39-22-11-14-1-4-20(37)23(31(49)50)28(14)54-34(22)53/h1-4,12-13,15,22,25,44-46,53H,5-11H2,(H,39,47)(H,40,51)(H,49,50)/t22-,25+/m0/s1. The van der Waals surface area contributed by atoms with Crippen LogP contribution in [0, 0.1) is 11.6 Å². The normalized spacial score (nSPS) is 17.9. The lowest BCUT2D eigenvalue weighted by molar-refractivity contribution is -0.123. The number of fused-ring (bicyclic) bond motifs is 1. The number of phenolic OH excluding ortho intramolecular Hbond substituents is 3. The van der Waals surface area contributed by atoms with E-state index in [1.165, 1.54) is 34.1 Å². The van der Waals surface area contributed by atoms with Crippen molar-refractivity contribution < 1.29 is 62.9 Å². The van der Waals surface area contributed by atoms with Crippen LogP contribution in [0.25, 0.3) is 0 Å². The zero-order valence-electron chi connectivity index (χ0n) is 27.8. The highest BCUT2D eigenvalue weighted by Gasteiger charge is 2.43. The van der Waals surface area contributed by atoms with Crippen LogP contribution in [-0.2, 0) is 11.2 Å². The lowest BCUT2D eigenvalue weighted by atomic mass is 9.72. The molecule has 2 atom stereocenters. The van der Waals surface area contributed by atoms with Crippen molar-refractivity contribution in [2.45, 2.75) is 37.3 Å². The van der Waals surface area contributed by atoms with Gasteiger partial charge in [0.05, 0.1) is 21.5 Å². The van der Waals surface area contributed by atoms with Crippen molar-refractivity contribution in [3.63, 3.8) is 0 Å². The number of carbonyl (C=O) groups excluding carboxylic acids is 4. The molecule has 3 aromatic rings. The van der Waals surface area contributed by atoms with E-state index in [0.29, 0.717) is 18.9 Å². The van der Waals surface area contributed by atoms with Crippen LogP contribution in [0.3, 0.4) is 0 Å². The molecule has 0 unspecified atom stereocenters. The van der Waals surface area contributed by atoms with Crippen LogP contribution >= 0.6 is 23.2 Å². The molecule has 0 bridgehead atoms. The molecule has 0 spiro atoms. The number of nitrogens with zero attached hydrogens (tertiary/aromatic N) is 3. The maximum Gasteiger partial charge on any atom is 0.547 e. The Balaban J connectivity index is 1.17. The topological polar surface area (TPSA) is 230 Å². The number of hydrogen-bond acceptors (Lipinski definition) is 10. The Labute approximate surface area is 314 Å². The van der Waals surface area contributed by atoms with Gasteiger partial charge in [0.1, 0.15) is 28.9 Å². The number of aromatic hydroxyl groups is 3. The smallest absolute Gasteiger partial charge is 0.534 e. The Hall–Kier alpha value is -5.53. The SMILES string of the molecule is O=C(O)c1c(F)ccc2c1OB(O)[C@@H](NC(=O)[C@H](NC(=O)N1CCN(C3CCN(C(=O)c4cc(O)ccc4Cl)CC3)C1=O)c1cc(F)c(O)c(O)c1Cl)C2. The number of urea groups is 2. The summed E-state index contributed by atoms with van der Waals surface area (Å²) in [6, 6.07) is 2.39. The molecule has 0 aliphatic carbocycles. The zero-order chi connectivity index (χ0) is 39.2. The fraction of sp³-hybridized carbons (Fsp3) is 0.303. The van der Waals surface area contributed by atoms with Crippen molar-refractivity contribution in [1.29, 1.82) is 0 Å². The van der Waals surface area contributed by atoms with E-state index in [-0.39, 0.29) is 60.5 Å². The highest BCUT2D eigenvalue weighted by atomic mass is 35.5. The number of amides is 6. The van der Waals surface area contributed by atoms with Gasteiger partial charge in [0.15, 0.2) is 17.3 Å². The summed E-state index contributed by atoms with van der Waals surface area (Å²) in [6.07, 6.45) is 0.383. The van der Waals surface area contributed by atoms with Crippen LogP contribution in [0.1, 0.15) is 50.7 Å². The lowest BCUT2D eigenvalue weighted by Crippen LogP contribution is -2.56. The summed E-state index contributed by atoms with van der Waals surface area (Å²) in [5.41, 5.74) is -1.18. The van der Waals surface area contributed by atoms with E-state index >= 15 is 0 Å².